The lowest BCUT2D eigenvalue weighted by atomic mass is 10.2. The van der Waals surface area contributed by atoms with Crippen molar-refractivity contribution in [3.63, 3.8) is 0 Å². The van der Waals surface area contributed by atoms with Crippen molar-refractivity contribution in [2.24, 2.45) is 4.99 Å². The molecule has 2 rings (SSSR count). The van der Waals surface area contributed by atoms with Crippen molar-refractivity contribution in [2.45, 2.75) is 0 Å². The Balaban J connectivity index is 2.46. The van der Waals surface area contributed by atoms with Gasteiger partial charge in [-0.25, -0.2) is 4.99 Å². The van der Waals surface area contributed by atoms with Crippen LogP contribution in [0.15, 0.2) is 41.4 Å². The second-order valence-corrected chi connectivity index (χ2v) is 4.56. The fraction of sp³-hybridized carbons (Fsp3) is 0.125. The van der Waals surface area contributed by atoms with Crippen LogP contribution in [0.25, 0.3) is 0 Å². The van der Waals surface area contributed by atoms with Gasteiger partial charge in [-0.1, -0.05) is 18.2 Å². The largest absolute Gasteiger partial charge is 0.438 e. The van der Waals surface area contributed by atoms with Crippen LogP contribution in [0.4, 0.5) is 5.82 Å². The summed E-state index contributed by atoms with van der Waals surface area (Å²) in [4.78, 5) is 10.0. The minimum Gasteiger partial charge on any atom is -0.438 e. The van der Waals surface area contributed by atoms with Gasteiger partial charge in [-0.15, -0.1) is 0 Å². The molecule has 0 aliphatic rings. The number of rotatable bonds is 4. The van der Waals surface area contributed by atoms with Crippen molar-refractivity contribution in [2.75, 3.05) is 14.1 Å². The lowest BCUT2D eigenvalue weighted by Gasteiger charge is -2.08. The van der Waals surface area contributed by atoms with E-state index in [0.29, 0.717) is 5.75 Å². The predicted molar refractivity (Wildman–Crippen MR) is 82.0 cm³/mol. The maximum Gasteiger partial charge on any atom is 0.239 e. The number of nitrogens with zero attached hydrogens (tertiary/aromatic N) is 5. The number of para-hydroxylation sites is 1. The molecule has 0 N–H and O–H groups in total. The molecule has 1 heterocycles. The molecule has 0 saturated carbocycles. The number of nitriles is 2. The zero-order chi connectivity index (χ0) is 15.9. The van der Waals surface area contributed by atoms with Crippen LogP contribution in [0.1, 0.15) is 11.1 Å². The Bertz CT molecular complexity index is 770. The van der Waals surface area contributed by atoms with Crippen LogP contribution < -0.4 is 4.74 Å². The van der Waals surface area contributed by atoms with Crippen molar-refractivity contribution in [3.8, 4) is 23.8 Å². The number of ether oxygens (including phenoxy) is 1. The number of pyridine rings is 1. The molecule has 108 valence electrons. The third kappa shape index (κ3) is 3.59. The van der Waals surface area contributed by atoms with Crippen LogP contribution >= 0.6 is 0 Å². The average Bonchev–Trinajstić information content (AvgIpc) is 2.53. The number of hydrogen-bond donors (Lipinski definition) is 0. The zero-order valence-electron chi connectivity index (χ0n) is 12.2. The third-order valence-electron chi connectivity index (χ3n) is 2.58. The molecule has 0 unspecified atom stereocenters. The number of hydrogen-bond acceptors (Lipinski definition) is 5. The molecule has 2 aromatic rings. The molecule has 0 fully saturated rings. The van der Waals surface area contributed by atoms with E-state index in [-0.39, 0.29) is 22.8 Å². The van der Waals surface area contributed by atoms with Gasteiger partial charge in [-0.05, 0) is 18.2 Å². The van der Waals surface area contributed by atoms with Crippen LogP contribution in [0.2, 0.25) is 0 Å². The van der Waals surface area contributed by atoms with Gasteiger partial charge >= 0.3 is 0 Å². The Hall–Kier alpha value is -3.38. The number of aliphatic imine (C=N–C) groups is 1. The SMILES string of the molecule is CN(C)C=Nc1nc(Oc2ccccc2)c(C#N)cc1C#N. The first-order valence-electron chi connectivity index (χ1n) is 6.43. The molecule has 0 radical (unpaired) electrons. The molecule has 0 bridgehead atoms. The highest BCUT2D eigenvalue weighted by atomic mass is 16.5. The summed E-state index contributed by atoms with van der Waals surface area (Å²) in [5.74, 6) is 0.887. The van der Waals surface area contributed by atoms with Crippen LogP contribution in [-0.4, -0.2) is 30.3 Å². The van der Waals surface area contributed by atoms with Crippen molar-refractivity contribution in [1.29, 1.82) is 10.5 Å². The molecule has 0 aliphatic carbocycles. The highest BCUT2D eigenvalue weighted by Crippen LogP contribution is 2.28. The monoisotopic (exact) mass is 291 g/mol. The summed E-state index contributed by atoms with van der Waals surface area (Å²) in [6.45, 7) is 0. The Morgan fingerprint density at radius 1 is 1.14 bits per heavy atom. The lowest BCUT2D eigenvalue weighted by Crippen LogP contribution is -2.07. The van der Waals surface area contributed by atoms with Crippen molar-refractivity contribution >= 4 is 12.2 Å². The van der Waals surface area contributed by atoms with E-state index in [2.05, 4.69) is 9.98 Å². The van der Waals surface area contributed by atoms with Crippen LogP contribution in [0, 0.1) is 22.7 Å². The smallest absolute Gasteiger partial charge is 0.239 e. The van der Waals surface area contributed by atoms with Gasteiger partial charge in [0.05, 0.1) is 11.9 Å². The van der Waals surface area contributed by atoms with Gasteiger partial charge in [-0.3, -0.25) is 0 Å². The van der Waals surface area contributed by atoms with E-state index in [1.807, 2.05) is 30.3 Å². The fourth-order valence-electron chi connectivity index (χ4n) is 1.60. The summed E-state index contributed by atoms with van der Waals surface area (Å²) >= 11 is 0. The molecular formula is C16H13N5O. The van der Waals surface area contributed by atoms with E-state index in [1.165, 1.54) is 12.4 Å². The lowest BCUT2D eigenvalue weighted by molar-refractivity contribution is 0.461. The van der Waals surface area contributed by atoms with E-state index in [9.17, 15) is 5.26 Å². The molecule has 6 heteroatoms. The highest BCUT2D eigenvalue weighted by molar-refractivity contribution is 5.64. The Morgan fingerprint density at radius 2 is 1.82 bits per heavy atom. The summed E-state index contributed by atoms with van der Waals surface area (Å²) in [6.07, 6.45) is 1.53. The summed E-state index contributed by atoms with van der Waals surface area (Å²) in [5.41, 5.74) is 0.402. The minimum atomic E-state index is 0.124. The quantitative estimate of drug-likeness (QED) is 0.638. The van der Waals surface area contributed by atoms with Crippen molar-refractivity contribution in [3.05, 3.63) is 47.5 Å². The second-order valence-electron chi connectivity index (χ2n) is 4.56. The van der Waals surface area contributed by atoms with Gasteiger partial charge in [0.1, 0.15) is 23.5 Å². The highest BCUT2D eigenvalue weighted by Gasteiger charge is 2.13. The van der Waals surface area contributed by atoms with Crippen molar-refractivity contribution in [1.82, 2.24) is 9.88 Å². The molecule has 0 spiro atoms. The molecule has 1 aromatic carbocycles. The molecule has 6 nitrogen and oxygen atoms in total. The van der Waals surface area contributed by atoms with Gasteiger partial charge in [0.25, 0.3) is 0 Å². The third-order valence-corrected chi connectivity index (χ3v) is 2.58. The van der Waals surface area contributed by atoms with Gasteiger partial charge in [0.15, 0.2) is 5.82 Å². The summed E-state index contributed by atoms with van der Waals surface area (Å²) < 4.78 is 5.62. The van der Waals surface area contributed by atoms with E-state index in [4.69, 9.17) is 10.00 Å². The van der Waals surface area contributed by atoms with Gasteiger partial charge in [0.2, 0.25) is 5.88 Å². The molecule has 0 saturated heterocycles. The second kappa shape index (κ2) is 6.87. The number of aromatic nitrogens is 1. The normalized spacial score (nSPS) is 10.0. The first-order valence-corrected chi connectivity index (χ1v) is 6.43. The Morgan fingerprint density at radius 3 is 2.41 bits per heavy atom. The maximum atomic E-state index is 9.20. The van der Waals surface area contributed by atoms with Crippen LogP contribution in [0.3, 0.4) is 0 Å². The van der Waals surface area contributed by atoms with Crippen LogP contribution in [0.5, 0.6) is 11.6 Å². The fourth-order valence-corrected chi connectivity index (χ4v) is 1.60. The maximum absolute atomic E-state index is 9.20. The van der Waals surface area contributed by atoms with Gasteiger partial charge in [0, 0.05) is 14.1 Å². The molecule has 0 amide bonds. The predicted octanol–water partition coefficient (Wildman–Crippen LogP) is 2.84. The summed E-state index contributed by atoms with van der Waals surface area (Å²) in [7, 11) is 3.61. The first-order chi connectivity index (χ1) is 10.6. The molecule has 0 aliphatic heterocycles. The van der Waals surface area contributed by atoms with E-state index >= 15 is 0 Å². The number of benzene rings is 1. The summed E-state index contributed by atoms with van der Waals surface area (Å²) in [5, 5.41) is 18.4. The molecule has 22 heavy (non-hydrogen) atoms. The van der Waals surface area contributed by atoms with Gasteiger partial charge in [-0.2, -0.15) is 15.5 Å². The zero-order valence-corrected chi connectivity index (χ0v) is 12.2. The standard InChI is InChI=1S/C16H13N5O/c1-21(2)11-19-15-12(9-17)8-13(10-18)16(20-15)22-14-6-4-3-5-7-14/h3-8,11H,1-2H3. The first kappa shape index (κ1) is 15.0. The average molecular weight is 291 g/mol. The van der Waals surface area contributed by atoms with Crippen LogP contribution in [-0.2, 0) is 0 Å². The molecule has 1 aromatic heterocycles. The summed E-state index contributed by atoms with van der Waals surface area (Å²) in [6, 6.07) is 14.4. The van der Waals surface area contributed by atoms with E-state index in [0.717, 1.165) is 0 Å². The van der Waals surface area contributed by atoms with E-state index in [1.54, 1.807) is 31.1 Å². The minimum absolute atomic E-state index is 0.124. The Labute approximate surface area is 128 Å². The topological polar surface area (TPSA) is 85.3 Å². The van der Waals surface area contributed by atoms with Gasteiger partial charge < -0.3 is 9.64 Å². The van der Waals surface area contributed by atoms with Crippen molar-refractivity contribution < 1.29 is 4.74 Å². The van der Waals surface area contributed by atoms with E-state index < -0.39 is 0 Å². The molecular weight excluding hydrogens is 278 g/mol. The Kier molecular flexibility index (Phi) is 4.69. The molecule has 0 atom stereocenters.